The van der Waals surface area contributed by atoms with Gasteiger partial charge in [0.15, 0.2) is 0 Å². The Morgan fingerprint density at radius 3 is 2.58 bits per heavy atom. The first kappa shape index (κ1) is 20.7. The van der Waals surface area contributed by atoms with Crippen molar-refractivity contribution in [3.63, 3.8) is 0 Å². The van der Waals surface area contributed by atoms with Gasteiger partial charge in [-0.15, -0.1) is 12.4 Å². The summed E-state index contributed by atoms with van der Waals surface area (Å²) < 4.78 is 5.20. The van der Waals surface area contributed by atoms with E-state index in [0.29, 0.717) is 18.5 Å². The highest BCUT2D eigenvalue weighted by molar-refractivity contribution is 5.85. The van der Waals surface area contributed by atoms with Crippen molar-refractivity contribution in [1.82, 2.24) is 15.5 Å². The number of nitrogens with one attached hydrogen (secondary N) is 2. The average Bonchev–Trinajstić information content (AvgIpc) is 2.55. The quantitative estimate of drug-likeness (QED) is 0.821. The van der Waals surface area contributed by atoms with Crippen LogP contribution in [0.2, 0.25) is 0 Å². The molecule has 1 saturated heterocycles. The lowest BCUT2D eigenvalue weighted by Crippen LogP contribution is -2.53. The van der Waals surface area contributed by atoms with Gasteiger partial charge in [0, 0.05) is 25.7 Å². The van der Waals surface area contributed by atoms with Gasteiger partial charge in [0.25, 0.3) is 0 Å². The van der Waals surface area contributed by atoms with Crippen LogP contribution in [0.25, 0.3) is 0 Å². The summed E-state index contributed by atoms with van der Waals surface area (Å²) in [6.07, 6.45) is 0. The number of benzene rings is 1. The zero-order valence-electron chi connectivity index (χ0n) is 15.0. The molecule has 0 bridgehead atoms. The molecule has 1 heterocycles. The van der Waals surface area contributed by atoms with E-state index in [9.17, 15) is 4.79 Å². The topological polar surface area (TPSA) is 53.6 Å². The number of nitrogens with zero attached hydrogens (tertiary/aromatic N) is 1. The maximum Gasteiger partial charge on any atom is 0.234 e. The Kier molecular flexibility index (Phi) is 8.53. The van der Waals surface area contributed by atoms with Gasteiger partial charge in [-0.25, -0.2) is 0 Å². The van der Waals surface area contributed by atoms with E-state index in [4.69, 9.17) is 4.74 Å². The summed E-state index contributed by atoms with van der Waals surface area (Å²) in [5, 5.41) is 6.54. The van der Waals surface area contributed by atoms with E-state index in [1.807, 2.05) is 24.3 Å². The molecule has 24 heavy (non-hydrogen) atoms. The first-order chi connectivity index (χ1) is 11.0. The number of hydrogen-bond donors (Lipinski definition) is 2. The minimum absolute atomic E-state index is 0. The van der Waals surface area contributed by atoms with Crippen molar-refractivity contribution in [1.29, 1.82) is 0 Å². The summed E-state index contributed by atoms with van der Waals surface area (Å²) in [5.41, 5.74) is 1.11. The Bertz CT molecular complexity index is 507. The van der Waals surface area contributed by atoms with Gasteiger partial charge in [-0.05, 0) is 30.5 Å². The first-order valence-corrected chi connectivity index (χ1v) is 8.39. The summed E-state index contributed by atoms with van der Waals surface area (Å²) in [7, 11) is 1.66. The molecule has 1 aromatic rings. The van der Waals surface area contributed by atoms with E-state index in [0.717, 1.165) is 30.9 Å². The van der Waals surface area contributed by atoms with E-state index >= 15 is 0 Å². The predicted molar refractivity (Wildman–Crippen MR) is 99.9 cm³/mol. The van der Waals surface area contributed by atoms with Crippen LogP contribution in [0.4, 0.5) is 0 Å². The van der Waals surface area contributed by atoms with Crippen molar-refractivity contribution in [2.75, 3.05) is 33.3 Å². The number of methoxy groups -OCH3 is 1. The molecule has 0 saturated carbocycles. The molecule has 1 aromatic carbocycles. The number of rotatable bonds is 6. The molecule has 1 unspecified atom stereocenters. The first-order valence-electron chi connectivity index (χ1n) is 8.39. The summed E-state index contributed by atoms with van der Waals surface area (Å²) in [4.78, 5) is 14.7. The molecule has 2 atom stereocenters. The Balaban J connectivity index is 0.00000288. The van der Waals surface area contributed by atoms with Crippen molar-refractivity contribution in [3.8, 4) is 5.75 Å². The van der Waals surface area contributed by atoms with E-state index < -0.39 is 0 Å². The molecule has 136 valence electrons. The van der Waals surface area contributed by atoms with E-state index in [1.54, 1.807) is 7.11 Å². The molecule has 6 heteroatoms. The van der Waals surface area contributed by atoms with Crippen LogP contribution in [-0.2, 0) is 4.79 Å². The van der Waals surface area contributed by atoms with Gasteiger partial charge in [-0.2, -0.15) is 0 Å². The SMILES string of the molecule is COc1ccc(C(NC(=O)CN2CCNC[C@H]2C)C(C)C)cc1.Cl. The highest BCUT2D eigenvalue weighted by atomic mass is 35.5. The molecule has 0 spiro atoms. The second-order valence-corrected chi connectivity index (χ2v) is 6.59. The van der Waals surface area contributed by atoms with Gasteiger partial charge in [0.1, 0.15) is 5.75 Å². The summed E-state index contributed by atoms with van der Waals surface area (Å²) >= 11 is 0. The van der Waals surface area contributed by atoms with Gasteiger partial charge in [0.05, 0.1) is 19.7 Å². The van der Waals surface area contributed by atoms with Crippen LogP contribution in [0, 0.1) is 5.92 Å². The highest BCUT2D eigenvalue weighted by Crippen LogP contribution is 2.23. The highest BCUT2D eigenvalue weighted by Gasteiger charge is 2.23. The van der Waals surface area contributed by atoms with Crippen LogP contribution in [0.1, 0.15) is 32.4 Å². The molecule has 2 rings (SSSR count). The van der Waals surface area contributed by atoms with Crippen molar-refractivity contribution in [2.24, 2.45) is 5.92 Å². The van der Waals surface area contributed by atoms with Gasteiger partial charge >= 0.3 is 0 Å². The Hall–Kier alpha value is -1.30. The second kappa shape index (κ2) is 9.87. The molecule has 0 aromatic heterocycles. The third kappa shape index (κ3) is 5.65. The number of piperazine rings is 1. The Morgan fingerprint density at radius 2 is 2.04 bits per heavy atom. The Morgan fingerprint density at radius 1 is 1.38 bits per heavy atom. The molecule has 0 radical (unpaired) electrons. The van der Waals surface area contributed by atoms with Gasteiger partial charge in [-0.3, -0.25) is 9.69 Å². The smallest absolute Gasteiger partial charge is 0.234 e. The fraction of sp³-hybridized carbons (Fsp3) is 0.611. The molecular formula is C18H30ClN3O2. The molecule has 1 aliphatic heterocycles. The van der Waals surface area contributed by atoms with E-state index in [-0.39, 0.29) is 24.4 Å². The fourth-order valence-electron chi connectivity index (χ4n) is 2.97. The van der Waals surface area contributed by atoms with E-state index in [1.165, 1.54) is 0 Å². The Labute approximate surface area is 151 Å². The summed E-state index contributed by atoms with van der Waals surface area (Å²) in [6.45, 7) is 9.68. The summed E-state index contributed by atoms with van der Waals surface area (Å²) in [5.74, 6) is 1.25. The van der Waals surface area contributed by atoms with Crippen molar-refractivity contribution in [2.45, 2.75) is 32.9 Å². The molecule has 5 nitrogen and oxygen atoms in total. The zero-order valence-corrected chi connectivity index (χ0v) is 15.9. The molecule has 2 N–H and O–H groups in total. The number of hydrogen-bond acceptors (Lipinski definition) is 4. The zero-order chi connectivity index (χ0) is 16.8. The molecule has 1 aliphatic rings. The molecule has 1 fully saturated rings. The fourth-order valence-corrected chi connectivity index (χ4v) is 2.97. The normalized spacial score (nSPS) is 19.5. The van der Waals surface area contributed by atoms with Crippen LogP contribution >= 0.6 is 12.4 Å². The van der Waals surface area contributed by atoms with Gasteiger partial charge in [0.2, 0.25) is 5.91 Å². The molecular weight excluding hydrogens is 326 g/mol. The second-order valence-electron chi connectivity index (χ2n) is 6.59. The minimum Gasteiger partial charge on any atom is -0.497 e. The third-order valence-electron chi connectivity index (χ3n) is 4.44. The van der Waals surface area contributed by atoms with Crippen molar-refractivity contribution >= 4 is 18.3 Å². The average molecular weight is 356 g/mol. The third-order valence-corrected chi connectivity index (χ3v) is 4.44. The van der Waals surface area contributed by atoms with Crippen molar-refractivity contribution in [3.05, 3.63) is 29.8 Å². The van der Waals surface area contributed by atoms with Crippen molar-refractivity contribution < 1.29 is 9.53 Å². The van der Waals surface area contributed by atoms with Gasteiger partial charge in [-0.1, -0.05) is 26.0 Å². The minimum atomic E-state index is 0. The van der Waals surface area contributed by atoms with Crippen LogP contribution in [0.15, 0.2) is 24.3 Å². The lowest BCUT2D eigenvalue weighted by molar-refractivity contribution is -0.124. The standard InChI is InChI=1S/C18H29N3O2.ClH/c1-13(2)18(15-5-7-16(23-4)8-6-15)20-17(22)12-21-10-9-19-11-14(21)3;/h5-8,13-14,18-19H,9-12H2,1-4H3,(H,20,22);1H/t14-,18?;/m1./s1. The van der Waals surface area contributed by atoms with Crippen LogP contribution in [0.5, 0.6) is 5.75 Å². The maximum absolute atomic E-state index is 12.5. The number of amides is 1. The lowest BCUT2D eigenvalue weighted by Gasteiger charge is -2.34. The van der Waals surface area contributed by atoms with Crippen LogP contribution in [0.3, 0.4) is 0 Å². The number of ether oxygens (including phenoxy) is 1. The number of carbonyl (C=O) groups excluding carboxylic acids is 1. The predicted octanol–water partition coefficient (Wildman–Crippen LogP) is 2.22. The monoisotopic (exact) mass is 355 g/mol. The largest absolute Gasteiger partial charge is 0.497 e. The molecule has 0 aliphatic carbocycles. The summed E-state index contributed by atoms with van der Waals surface area (Å²) in [6, 6.07) is 8.35. The van der Waals surface area contributed by atoms with Crippen LogP contribution < -0.4 is 15.4 Å². The molecule has 1 amide bonds. The van der Waals surface area contributed by atoms with Gasteiger partial charge < -0.3 is 15.4 Å². The van der Waals surface area contributed by atoms with E-state index in [2.05, 4.69) is 36.3 Å². The lowest BCUT2D eigenvalue weighted by atomic mass is 9.96. The number of carbonyl (C=O) groups is 1. The number of halogens is 1. The maximum atomic E-state index is 12.5. The van der Waals surface area contributed by atoms with Crippen LogP contribution in [-0.4, -0.2) is 50.1 Å².